The van der Waals surface area contributed by atoms with Crippen LogP contribution >= 0.6 is 0 Å². The number of ether oxygens (including phenoxy) is 2. The first-order valence-electron chi connectivity index (χ1n) is 6.37. The van der Waals surface area contributed by atoms with Crippen LogP contribution in [0.4, 0.5) is 0 Å². The molecule has 0 N–H and O–H groups in total. The fourth-order valence-electron chi connectivity index (χ4n) is 1.01. The van der Waals surface area contributed by atoms with Gasteiger partial charge in [0.15, 0.2) is 0 Å². The van der Waals surface area contributed by atoms with Crippen LogP contribution in [-0.4, -0.2) is 18.5 Å². The maximum Gasteiger partial charge on any atom is 0.338 e. The first-order chi connectivity index (χ1) is 9.02. The van der Waals surface area contributed by atoms with Gasteiger partial charge in [-0.2, -0.15) is 0 Å². The zero-order valence-electron chi connectivity index (χ0n) is 12.1. The third-order valence-corrected chi connectivity index (χ3v) is 2.26. The van der Waals surface area contributed by atoms with Gasteiger partial charge in [0, 0.05) is 5.57 Å². The molecular formula is C15H22O4. The van der Waals surface area contributed by atoms with Crippen molar-refractivity contribution in [3.63, 3.8) is 0 Å². The quantitative estimate of drug-likeness (QED) is 0.233. The first kappa shape index (κ1) is 17.2. The Bertz CT molecular complexity index is 389. The largest absolute Gasteiger partial charge is 0.462 e. The van der Waals surface area contributed by atoms with E-state index in [9.17, 15) is 9.59 Å². The van der Waals surface area contributed by atoms with Gasteiger partial charge in [-0.1, -0.05) is 31.6 Å². The first-order valence-corrected chi connectivity index (χ1v) is 6.37. The van der Waals surface area contributed by atoms with Crippen molar-refractivity contribution in [2.75, 3.05) is 6.61 Å². The molecule has 0 bridgehead atoms. The molecule has 0 aliphatic heterocycles. The molecule has 0 aromatic carbocycles. The van der Waals surface area contributed by atoms with Crippen LogP contribution in [0.2, 0.25) is 0 Å². The monoisotopic (exact) mass is 266 g/mol. The van der Waals surface area contributed by atoms with E-state index >= 15 is 0 Å². The molecule has 0 aliphatic rings. The predicted molar refractivity (Wildman–Crippen MR) is 74.3 cm³/mol. The summed E-state index contributed by atoms with van der Waals surface area (Å²) in [5, 5.41) is 0. The molecule has 0 unspecified atom stereocenters. The Balaban J connectivity index is 4.30. The molecule has 4 nitrogen and oxygen atoms in total. The second kappa shape index (κ2) is 10.1. The summed E-state index contributed by atoms with van der Waals surface area (Å²) in [6, 6.07) is 0. The standard InChI is InChI=1S/C15H22O4/c1-5-7-9-12(3)14(16)19-11-13(4)15(17)18-10-8-6-2/h5,7,9,11H,6,8,10H2,1-4H3. The van der Waals surface area contributed by atoms with E-state index in [1.807, 2.05) is 19.9 Å². The minimum Gasteiger partial charge on any atom is -0.462 e. The van der Waals surface area contributed by atoms with Crippen LogP contribution < -0.4 is 0 Å². The third kappa shape index (κ3) is 7.97. The molecule has 106 valence electrons. The van der Waals surface area contributed by atoms with Crippen LogP contribution in [-0.2, 0) is 19.1 Å². The lowest BCUT2D eigenvalue weighted by molar-refractivity contribution is -0.139. The van der Waals surface area contributed by atoms with Crippen molar-refractivity contribution in [1.29, 1.82) is 0 Å². The van der Waals surface area contributed by atoms with Crippen molar-refractivity contribution in [2.45, 2.75) is 40.5 Å². The maximum absolute atomic E-state index is 11.5. The Morgan fingerprint density at radius 3 is 2.37 bits per heavy atom. The average molecular weight is 266 g/mol. The SMILES string of the molecule is CC=CC=C(C)C(=O)OC=C(C)C(=O)OCCCC. The molecule has 0 amide bonds. The predicted octanol–water partition coefficient (Wildman–Crippen LogP) is 3.30. The summed E-state index contributed by atoms with van der Waals surface area (Å²) >= 11 is 0. The van der Waals surface area contributed by atoms with Gasteiger partial charge in [0.2, 0.25) is 0 Å². The molecule has 0 aliphatic carbocycles. The van der Waals surface area contributed by atoms with E-state index in [-0.39, 0.29) is 5.57 Å². The summed E-state index contributed by atoms with van der Waals surface area (Å²) < 4.78 is 9.86. The molecule has 19 heavy (non-hydrogen) atoms. The van der Waals surface area contributed by atoms with E-state index in [0.717, 1.165) is 19.1 Å². The smallest absolute Gasteiger partial charge is 0.338 e. The normalized spacial score (nSPS) is 12.6. The fraction of sp³-hybridized carbons (Fsp3) is 0.467. The van der Waals surface area contributed by atoms with E-state index in [1.165, 1.54) is 0 Å². The van der Waals surface area contributed by atoms with E-state index < -0.39 is 11.9 Å². The Hall–Kier alpha value is -1.84. The lowest BCUT2D eigenvalue weighted by Crippen LogP contribution is -2.09. The van der Waals surface area contributed by atoms with E-state index in [2.05, 4.69) is 0 Å². The highest BCUT2D eigenvalue weighted by atomic mass is 16.5. The van der Waals surface area contributed by atoms with E-state index in [4.69, 9.17) is 9.47 Å². The Kier molecular flexibility index (Phi) is 9.14. The summed E-state index contributed by atoms with van der Waals surface area (Å²) in [6.07, 6.45) is 8.10. The summed E-state index contributed by atoms with van der Waals surface area (Å²) in [5.41, 5.74) is 0.727. The Labute approximate surface area is 114 Å². The maximum atomic E-state index is 11.5. The van der Waals surface area contributed by atoms with Crippen molar-refractivity contribution >= 4 is 11.9 Å². The van der Waals surface area contributed by atoms with Gasteiger partial charge in [0.05, 0.1) is 12.2 Å². The molecule has 0 atom stereocenters. The zero-order valence-corrected chi connectivity index (χ0v) is 12.1. The van der Waals surface area contributed by atoms with Gasteiger partial charge in [0.25, 0.3) is 0 Å². The van der Waals surface area contributed by atoms with Gasteiger partial charge < -0.3 is 9.47 Å². The van der Waals surface area contributed by atoms with Gasteiger partial charge in [-0.25, -0.2) is 9.59 Å². The minimum atomic E-state index is -0.487. The lowest BCUT2D eigenvalue weighted by Gasteiger charge is -2.04. The van der Waals surface area contributed by atoms with Crippen LogP contribution in [0.25, 0.3) is 0 Å². The molecule has 0 rings (SSSR count). The summed E-state index contributed by atoms with van der Waals surface area (Å²) in [6.45, 7) is 7.44. The highest BCUT2D eigenvalue weighted by molar-refractivity contribution is 5.90. The number of rotatable bonds is 7. The van der Waals surface area contributed by atoms with Crippen LogP contribution in [0, 0.1) is 0 Å². The number of allylic oxidation sites excluding steroid dienone is 3. The molecule has 0 radical (unpaired) electrons. The number of carbonyl (C=O) groups excluding carboxylic acids is 2. The van der Waals surface area contributed by atoms with Crippen LogP contribution in [0.3, 0.4) is 0 Å². The molecule has 0 spiro atoms. The highest BCUT2D eigenvalue weighted by Crippen LogP contribution is 2.03. The van der Waals surface area contributed by atoms with E-state index in [1.54, 1.807) is 26.0 Å². The summed E-state index contributed by atoms with van der Waals surface area (Å²) in [5.74, 6) is -0.949. The van der Waals surface area contributed by atoms with Crippen molar-refractivity contribution in [3.8, 4) is 0 Å². The van der Waals surface area contributed by atoms with Crippen molar-refractivity contribution in [2.24, 2.45) is 0 Å². The molecular weight excluding hydrogens is 244 g/mol. The molecule has 0 fully saturated rings. The Morgan fingerprint density at radius 1 is 1.11 bits per heavy atom. The van der Waals surface area contributed by atoms with Gasteiger partial charge >= 0.3 is 11.9 Å². The van der Waals surface area contributed by atoms with Crippen LogP contribution in [0.5, 0.6) is 0 Å². The zero-order chi connectivity index (χ0) is 14.7. The van der Waals surface area contributed by atoms with Gasteiger partial charge in [0.1, 0.15) is 6.26 Å². The average Bonchev–Trinajstić information content (AvgIpc) is 2.41. The number of hydrogen-bond donors (Lipinski definition) is 0. The minimum absolute atomic E-state index is 0.267. The van der Waals surface area contributed by atoms with Crippen molar-refractivity contribution < 1.29 is 19.1 Å². The molecule has 0 aromatic rings. The van der Waals surface area contributed by atoms with Gasteiger partial charge in [-0.05, 0) is 27.2 Å². The van der Waals surface area contributed by atoms with Crippen LogP contribution in [0.15, 0.2) is 35.6 Å². The molecule has 0 aromatic heterocycles. The van der Waals surface area contributed by atoms with Crippen molar-refractivity contribution in [3.05, 3.63) is 35.6 Å². The second-order valence-electron chi connectivity index (χ2n) is 4.07. The third-order valence-electron chi connectivity index (χ3n) is 2.26. The number of esters is 2. The van der Waals surface area contributed by atoms with Crippen molar-refractivity contribution in [1.82, 2.24) is 0 Å². The van der Waals surface area contributed by atoms with E-state index in [0.29, 0.717) is 12.2 Å². The molecule has 0 saturated heterocycles. The summed E-state index contributed by atoms with van der Waals surface area (Å²) in [7, 11) is 0. The van der Waals surface area contributed by atoms with Crippen LogP contribution in [0.1, 0.15) is 40.5 Å². The molecule has 4 heteroatoms. The topological polar surface area (TPSA) is 52.6 Å². The second-order valence-corrected chi connectivity index (χ2v) is 4.07. The fourth-order valence-corrected chi connectivity index (χ4v) is 1.01. The Morgan fingerprint density at radius 2 is 1.79 bits per heavy atom. The van der Waals surface area contributed by atoms with Gasteiger partial charge in [-0.15, -0.1) is 0 Å². The highest BCUT2D eigenvalue weighted by Gasteiger charge is 2.08. The van der Waals surface area contributed by atoms with Gasteiger partial charge in [-0.3, -0.25) is 0 Å². The number of unbranched alkanes of at least 4 members (excludes halogenated alkanes) is 1. The summed E-state index contributed by atoms with van der Waals surface area (Å²) in [4.78, 5) is 23.0. The molecule has 0 heterocycles. The number of hydrogen-bond acceptors (Lipinski definition) is 4. The molecule has 0 saturated carbocycles. The lowest BCUT2D eigenvalue weighted by atomic mass is 10.3. The number of carbonyl (C=O) groups is 2.